The summed E-state index contributed by atoms with van der Waals surface area (Å²) in [5, 5.41) is 0. The van der Waals surface area contributed by atoms with E-state index in [4.69, 9.17) is 0 Å². The van der Waals surface area contributed by atoms with E-state index in [2.05, 4.69) is 30.3 Å². The van der Waals surface area contributed by atoms with Crippen molar-refractivity contribution in [2.24, 2.45) is 0 Å². The molecule has 0 saturated heterocycles. The summed E-state index contributed by atoms with van der Waals surface area (Å²) in [6, 6.07) is 40.5. The quantitative estimate of drug-likeness (QED) is 0.265. The second kappa shape index (κ2) is 11.2. The summed E-state index contributed by atoms with van der Waals surface area (Å²) in [4.78, 5) is 14.3. The van der Waals surface area contributed by atoms with Gasteiger partial charge in [-0.1, -0.05) is 103 Å². The van der Waals surface area contributed by atoms with Crippen molar-refractivity contribution in [3.8, 4) is 0 Å². The van der Waals surface area contributed by atoms with Gasteiger partial charge < -0.3 is 0 Å². The summed E-state index contributed by atoms with van der Waals surface area (Å²) >= 11 is 1.46. The Hall–Kier alpha value is -3.56. The van der Waals surface area contributed by atoms with E-state index in [9.17, 15) is 4.79 Å². The van der Waals surface area contributed by atoms with Gasteiger partial charge in [0, 0.05) is 11.3 Å². The molecule has 0 bridgehead atoms. The van der Waals surface area contributed by atoms with E-state index in [-0.39, 0.29) is 5.91 Å². The average molecular weight is 436 g/mol. The normalized spacial score (nSPS) is 10.4. The number of benzene rings is 4. The molecule has 2 nitrogen and oxygen atoms in total. The Morgan fingerprint density at radius 3 is 1.66 bits per heavy atom. The van der Waals surface area contributed by atoms with E-state index in [1.165, 1.54) is 11.9 Å². The molecule has 4 rings (SSSR count). The highest BCUT2D eigenvalue weighted by Gasteiger charge is 2.17. The van der Waals surface area contributed by atoms with Crippen LogP contribution in [0.15, 0.2) is 132 Å². The molecule has 1 amide bonds. The third-order valence-corrected chi connectivity index (χ3v) is 6.11. The lowest BCUT2D eigenvalue weighted by atomic mass is 9.96. The molecule has 0 aliphatic heterocycles. The van der Waals surface area contributed by atoms with Gasteiger partial charge in [0.05, 0.1) is 5.69 Å². The van der Waals surface area contributed by atoms with Gasteiger partial charge in [-0.3, -0.25) is 4.79 Å². The molecular formula is C29H25NOS. The number of hydrogen-bond acceptors (Lipinski definition) is 2. The molecule has 0 aliphatic rings. The van der Waals surface area contributed by atoms with Gasteiger partial charge in [0.15, 0.2) is 0 Å². The number of anilines is 1. The first-order valence-electron chi connectivity index (χ1n) is 10.7. The lowest BCUT2D eigenvalue weighted by molar-refractivity contribution is -0.117. The third kappa shape index (κ3) is 5.77. The number of carbonyl (C=O) groups is 1. The highest BCUT2D eigenvalue weighted by Crippen LogP contribution is 2.30. The van der Waals surface area contributed by atoms with Crippen molar-refractivity contribution in [1.29, 1.82) is 0 Å². The lowest BCUT2D eigenvalue weighted by Gasteiger charge is -2.21. The number of hydrogen-bond donors (Lipinski definition) is 0. The van der Waals surface area contributed by atoms with Gasteiger partial charge in [-0.05, 0) is 59.3 Å². The molecule has 0 spiro atoms. The molecule has 0 unspecified atom stereocenters. The number of carbonyl (C=O) groups excluding carboxylic acids is 1. The van der Waals surface area contributed by atoms with Crippen LogP contribution in [0.3, 0.4) is 0 Å². The number of para-hydroxylation sites is 1. The van der Waals surface area contributed by atoms with E-state index in [0.29, 0.717) is 12.8 Å². The summed E-state index contributed by atoms with van der Waals surface area (Å²) in [5.41, 5.74) is 4.36. The van der Waals surface area contributed by atoms with Crippen LogP contribution in [-0.4, -0.2) is 5.91 Å². The van der Waals surface area contributed by atoms with Crippen molar-refractivity contribution in [1.82, 2.24) is 0 Å². The Balaban J connectivity index is 1.54. The molecule has 0 radical (unpaired) electrons. The van der Waals surface area contributed by atoms with Gasteiger partial charge in [0.25, 0.3) is 0 Å². The standard InChI is InChI=1S/C29H25NOS/c31-29(30(26-18-9-3-10-19-26)32-27-20-11-4-12-21-27)23-13-22-28(24-14-5-1-6-15-24)25-16-7-2-8-17-25/h1-12,14-22H,13,23H2. The van der Waals surface area contributed by atoms with E-state index >= 15 is 0 Å². The second-order valence-electron chi connectivity index (χ2n) is 7.32. The van der Waals surface area contributed by atoms with Crippen LogP contribution in [0.4, 0.5) is 5.69 Å². The zero-order valence-corrected chi connectivity index (χ0v) is 18.6. The first-order valence-corrected chi connectivity index (χ1v) is 11.5. The molecule has 4 aromatic carbocycles. The Kier molecular flexibility index (Phi) is 7.56. The summed E-state index contributed by atoms with van der Waals surface area (Å²) in [6.07, 6.45) is 3.27. The SMILES string of the molecule is O=C(CCC=C(c1ccccc1)c1ccccc1)N(Sc1ccccc1)c1ccccc1. The van der Waals surface area contributed by atoms with Crippen molar-refractivity contribution in [3.05, 3.63) is 139 Å². The fourth-order valence-electron chi connectivity index (χ4n) is 3.48. The first kappa shape index (κ1) is 21.7. The predicted molar refractivity (Wildman–Crippen MR) is 135 cm³/mol. The summed E-state index contributed by atoms with van der Waals surface area (Å²) < 4.78 is 1.80. The van der Waals surface area contributed by atoms with Crippen molar-refractivity contribution in [2.75, 3.05) is 4.31 Å². The highest BCUT2D eigenvalue weighted by atomic mass is 32.2. The maximum atomic E-state index is 13.3. The third-order valence-electron chi connectivity index (χ3n) is 5.03. The fourth-order valence-corrected chi connectivity index (χ4v) is 4.39. The molecule has 32 heavy (non-hydrogen) atoms. The number of nitrogens with zero attached hydrogens (tertiary/aromatic N) is 1. The molecule has 0 N–H and O–H groups in total. The van der Waals surface area contributed by atoms with Crippen molar-refractivity contribution < 1.29 is 4.79 Å². The summed E-state index contributed by atoms with van der Waals surface area (Å²) in [7, 11) is 0. The zero-order valence-electron chi connectivity index (χ0n) is 17.8. The molecule has 158 valence electrons. The average Bonchev–Trinajstić information content (AvgIpc) is 2.87. The van der Waals surface area contributed by atoms with Gasteiger partial charge in [0.1, 0.15) is 0 Å². The first-order chi connectivity index (χ1) is 15.8. The highest BCUT2D eigenvalue weighted by molar-refractivity contribution is 8.01. The van der Waals surface area contributed by atoms with E-state index in [0.717, 1.165) is 27.3 Å². The molecule has 3 heteroatoms. The van der Waals surface area contributed by atoms with Crippen LogP contribution in [0.5, 0.6) is 0 Å². The number of rotatable bonds is 8. The molecule has 0 fully saturated rings. The van der Waals surface area contributed by atoms with E-state index in [1.807, 2.05) is 97.1 Å². The van der Waals surface area contributed by atoms with E-state index in [1.54, 1.807) is 4.31 Å². The van der Waals surface area contributed by atoms with Crippen LogP contribution in [0.2, 0.25) is 0 Å². The van der Waals surface area contributed by atoms with Gasteiger partial charge in [0.2, 0.25) is 5.91 Å². The maximum Gasteiger partial charge on any atom is 0.237 e. The number of amides is 1. The Labute approximate surface area is 194 Å². The molecule has 0 aromatic heterocycles. The minimum atomic E-state index is 0.0850. The minimum Gasteiger partial charge on any atom is -0.274 e. The Bertz CT molecular complexity index is 1100. The maximum absolute atomic E-state index is 13.3. The fraction of sp³-hybridized carbons (Fsp3) is 0.0690. The largest absolute Gasteiger partial charge is 0.274 e. The zero-order chi connectivity index (χ0) is 22.0. The van der Waals surface area contributed by atoms with Crippen LogP contribution in [0.25, 0.3) is 5.57 Å². The van der Waals surface area contributed by atoms with Gasteiger partial charge in [-0.25, -0.2) is 4.31 Å². The lowest BCUT2D eigenvalue weighted by Crippen LogP contribution is -2.23. The second-order valence-corrected chi connectivity index (χ2v) is 8.34. The minimum absolute atomic E-state index is 0.0850. The van der Waals surface area contributed by atoms with Gasteiger partial charge in [-0.15, -0.1) is 0 Å². The summed E-state index contributed by atoms with van der Waals surface area (Å²) in [6.45, 7) is 0. The van der Waals surface area contributed by atoms with Gasteiger partial charge in [-0.2, -0.15) is 0 Å². The smallest absolute Gasteiger partial charge is 0.237 e. The molecule has 0 heterocycles. The van der Waals surface area contributed by atoms with Crippen molar-refractivity contribution in [2.45, 2.75) is 17.7 Å². The summed E-state index contributed by atoms with van der Waals surface area (Å²) in [5.74, 6) is 0.0850. The van der Waals surface area contributed by atoms with Crippen LogP contribution in [0, 0.1) is 0 Å². The molecule has 4 aromatic rings. The molecule has 0 saturated carbocycles. The number of allylic oxidation sites excluding steroid dienone is 1. The van der Waals surface area contributed by atoms with Crippen LogP contribution in [-0.2, 0) is 4.79 Å². The van der Waals surface area contributed by atoms with Crippen molar-refractivity contribution >= 4 is 29.1 Å². The molecular weight excluding hydrogens is 410 g/mol. The molecule has 0 aliphatic carbocycles. The predicted octanol–water partition coefficient (Wildman–Crippen LogP) is 7.64. The van der Waals surface area contributed by atoms with Crippen LogP contribution >= 0.6 is 11.9 Å². The van der Waals surface area contributed by atoms with Crippen LogP contribution in [0.1, 0.15) is 24.0 Å². The Morgan fingerprint density at radius 2 is 1.12 bits per heavy atom. The molecule has 0 atom stereocenters. The van der Waals surface area contributed by atoms with Gasteiger partial charge >= 0.3 is 0 Å². The van der Waals surface area contributed by atoms with Crippen molar-refractivity contribution in [3.63, 3.8) is 0 Å². The monoisotopic (exact) mass is 435 g/mol. The Morgan fingerprint density at radius 1 is 0.656 bits per heavy atom. The topological polar surface area (TPSA) is 20.3 Å². The van der Waals surface area contributed by atoms with E-state index < -0.39 is 0 Å². The van der Waals surface area contributed by atoms with Crippen LogP contribution < -0.4 is 4.31 Å².